The molecule has 0 atom stereocenters. The Morgan fingerprint density at radius 2 is 0.808 bits per heavy atom. The Labute approximate surface area is 309 Å². The van der Waals surface area contributed by atoms with Crippen LogP contribution in [-0.2, 0) is 0 Å². The van der Waals surface area contributed by atoms with Crippen molar-refractivity contribution in [3.63, 3.8) is 0 Å². The molecule has 0 bridgehead atoms. The lowest BCUT2D eigenvalue weighted by molar-refractivity contribution is 0.509. The number of para-hydroxylation sites is 2. The fourth-order valence-corrected chi connectivity index (χ4v) is 19.4. The molecule has 0 saturated carbocycles. The number of anilines is 4. The summed E-state index contributed by atoms with van der Waals surface area (Å²) in [5, 5.41) is 6.41. The predicted octanol–water partition coefficient (Wildman–Crippen LogP) is 11.9. The summed E-state index contributed by atoms with van der Waals surface area (Å²) in [5.41, 5.74) is 16.2. The van der Waals surface area contributed by atoms with Gasteiger partial charge in [0, 0.05) is 12.1 Å². The molecule has 270 valence electrons. The van der Waals surface area contributed by atoms with Crippen LogP contribution in [0, 0.1) is 34.6 Å². The molecule has 0 spiro atoms. The molecular formula is C42H50F2N6Si2. The van der Waals surface area contributed by atoms with Gasteiger partial charge in [-0.05, 0) is 45.4 Å². The van der Waals surface area contributed by atoms with Crippen LogP contribution in [0.15, 0.2) is 36.4 Å². The molecule has 10 heteroatoms. The maximum absolute atomic E-state index is 14.4. The molecule has 1 aliphatic rings. The summed E-state index contributed by atoms with van der Waals surface area (Å²) in [6.45, 7) is 27.5. The molecule has 6 nitrogen and oxygen atoms in total. The van der Waals surface area contributed by atoms with E-state index in [0.717, 1.165) is 23.2 Å². The van der Waals surface area contributed by atoms with Crippen molar-refractivity contribution in [1.29, 1.82) is 0 Å². The van der Waals surface area contributed by atoms with E-state index in [4.69, 9.17) is 19.9 Å². The Morgan fingerprint density at radius 3 is 1.12 bits per heavy atom. The van der Waals surface area contributed by atoms with Crippen LogP contribution in [0.4, 0.5) is 31.8 Å². The van der Waals surface area contributed by atoms with Gasteiger partial charge in [-0.1, -0.05) is 107 Å². The average molecular weight is 733 g/mol. The van der Waals surface area contributed by atoms with Gasteiger partial charge >= 0.3 is 0 Å². The number of halogens is 2. The number of hydrogen-bond acceptors (Lipinski definition) is 6. The van der Waals surface area contributed by atoms with Crippen molar-refractivity contribution in [2.75, 3.05) is 10.6 Å². The van der Waals surface area contributed by atoms with Gasteiger partial charge in [0.1, 0.15) is 38.2 Å². The molecule has 0 fully saturated rings. The lowest BCUT2D eigenvalue weighted by Gasteiger charge is -2.38. The number of nitrogens with zero attached hydrogens (tertiary/aromatic N) is 4. The number of benzene rings is 3. The first-order valence-electron chi connectivity index (χ1n) is 18.6. The second-order valence-electron chi connectivity index (χ2n) is 16.1. The van der Waals surface area contributed by atoms with Gasteiger partial charge in [0.25, 0.3) is 0 Å². The molecule has 0 amide bonds. The highest BCUT2D eigenvalue weighted by molar-refractivity contribution is 6.91. The minimum Gasteiger partial charge on any atom is -0.335 e. The van der Waals surface area contributed by atoms with Gasteiger partial charge in [-0.25, -0.2) is 28.7 Å². The van der Waals surface area contributed by atoms with Crippen LogP contribution in [0.25, 0.3) is 33.1 Å². The second kappa shape index (κ2) is 13.9. The van der Waals surface area contributed by atoms with E-state index in [0.29, 0.717) is 89.5 Å². The molecule has 0 aliphatic carbocycles. The summed E-state index contributed by atoms with van der Waals surface area (Å²) in [4.78, 5) is 20.8. The van der Waals surface area contributed by atoms with Crippen LogP contribution in [-0.4, -0.2) is 36.1 Å². The van der Waals surface area contributed by atoms with Crippen molar-refractivity contribution in [2.45, 2.75) is 116 Å². The van der Waals surface area contributed by atoms with E-state index in [9.17, 15) is 8.78 Å². The average Bonchev–Trinajstić information content (AvgIpc) is 3.06. The van der Waals surface area contributed by atoms with Gasteiger partial charge in [0.05, 0.1) is 33.5 Å². The largest absolute Gasteiger partial charge is 0.335 e. The van der Waals surface area contributed by atoms with Gasteiger partial charge in [-0.15, -0.1) is 11.1 Å². The molecule has 5 aromatic rings. The minimum atomic E-state index is -2.20. The summed E-state index contributed by atoms with van der Waals surface area (Å²) >= 11 is 0. The molecule has 52 heavy (non-hydrogen) atoms. The molecular weight excluding hydrogens is 683 g/mol. The zero-order valence-electron chi connectivity index (χ0n) is 32.5. The van der Waals surface area contributed by atoms with E-state index in [1.54, 1.807) is 0 Å². The fraction of sp³-hybridized carbons (Fsp3) is 0.429. The summed E-state index contributed by atoms with van der Waals surface area (Å²) in [6, 6.07) is 10.1. The SMILES string of the molecule is CC(C)[Si](C#Cc1c2nc3c(nc2c(C#C[Si](C(C)C)(C(C)C)C(C)C)c2nc4ccccc4nc12)Nc1cc(F)c(F)cc1N3)(C(C)C)C(C)C. The first-order chi connectivity index (χ1) is 24.5. The highest BCUT2D eigenvalue weighted by Crippen LogP contribution is 2.44. The lowest BCUT2D eigenvalue weighted by Crippen LogP contribution is -2.43. The van der Waals surface area contributed by atoms with E-state index in [-0.39, 0.29) is 0 Å². The summed E-state index contributed by atoms with van der Waals surface area (Å²) in [5.74, 6) is 6.24. The minimum absolute atomic E-state index is 0.367. The van der Waals surface area contributed by atoms with Crippen molar-refractivity contribution >= 4 is 72.3 Å². The van der Waals surface area contributed by atoms with Gasteiger partial charge in [-0.3, -0.25) is 0 Å². The standard InChI is InChI=1S/C42H50F2N6Si2/c1-23(2)51(24(3)4,25(5)6)19-17-29-37-38(46-34-16-14-13-15-33(34)45-37)30(18-20-52(26(7)8,27(9)10)28(11)12)40-39(29)49-41-42(50-40)48-36-22-32(44)31(43)21-35(36)47-41/h13-16,21-28H,1-12H3,(H,47,49)(H,48,50). The number of aromatic nitrogens is 4. The van der Waals surface area contributed by atoms with Gasteiger partial charge in [0.2, 0.25) is 0 Å². The first kappa shape index (κ1) is 37.4. The van der Waals surface area contributed by atoms with Gasteiger partial charge < -0.3 is 10.6 Å². The third kappa shape index (κ3) is 6.04. The normalized spacial score (nSPS) is 13.1. The number of fused-ring (bicyclic) bond motifs is 5. The third-order valence-electron chi connectivity index (χ3n) is 11.5. The van der Waals surface area contributed by atoms with E-state index >= 15 is 0 Å². The van der Waals surface area contributed by atoms with Crippen molar-refractivity contribution < 1.29 is 8.78 Å². The van der Waals surface area contributed by atoms with Crippen LogP contribution in [0.1, 0.15) is 94.2 Å². The molecule has 0 unspecified atom stereocenters. The Kier molecular flexibility index (Phi) is 9.97. The first-order valence-corrected chi connectivity index (χ1v) is 23.0. The Bertz CT molecular complexity index is 2140. The van der Waals surface area contributed by atoms with Gasteiger partial charge in [-0.2, -0.15) is 0 Å². The van der Waals surface area contributed by atoms with Crippen molar-refractivity contribution in [3.8, 4) is 22.9 Å². The molecule has 3 aromatic carbocycles. The topological polar surface area (TPSA) is 75.6 Å². The van der Waals surface area contributed by atoms with Crippen LogP contribution in [0.3, 0.4) is 0 Å². The zero-order valence-corrected chi connectivity index (χ0v) is 34.5. The molecule has 6 rings (SSSR count). The van der Waals surface area contributed by atoms with Crippen LogP contribution in [0.5, 0.6) is 0 Å². The van der Waals surface area contributed by atoms with Gasteiger partial charge in [0.15, 0.2) is 23.3 Å². The van der Waals surface area contributed by atoms with E-state index in [1.165, 1.54) is 0 Å². The highest BCUT2D eigenvalue weighted by atomic mass is 28.3. The zero-order chi connectivity index (χ0) is 37.9. The number of rotatable bonds is 6. The van der Waals surface area contributed by atoms with Crippen LogP contribution < -0.4 is 10.6 Å². The molecule has 1 aliphatic heterocycles. The van der Waals surface area contributed by atoms with Crippen LogP contribution in [0.2, 0.25) is 33.2 Å². The number of hydrogen-bond donors (Lipinski definition) is 2. The molecule has 0 radical (unpaired) electrons. The number of nitrogens with one attached hydrogen (secondary N) is 2. The second-order valence-corrected chi connectivity index (χ2v) is 27.3. The smallest absolute Gasteiger partial charge is 0.174 e. The van der Waals surface area contributed by atoms with Crippen LogP contribution >= 0.6 is 0 Å². The van der Waals surface area contributed by atoms with E-state index < -0.39 is 27.8 Å². The Balaban J connectivity index is 1.80. The predicted molar refractivity (Wildman–Crippen MR) is 219 cm³/mol. The molecule has 2 aromatic heterocycles. The van der Waals surface area contributed by atoms with Crippen molar-refractivity contribution in [3.05, 3.63) is 59.2 Å². The maximum atomic E-state index is 14.4. The Morgan fingerprint density at radius 1 is 0.500 bits per heavy atom. The monoisotopic (exact) mass is 732 g/mol. The summed E-state index contributed by atoms with van der Waals surface area (Å²) in [7, 11) is -4.41. The van der Waals surface area contributed by atoms with E-state index in [2.05, 4.69) is 117 Å². The summed E-state index contributed by atoms with van der Waals surface area (Å²) < 4.78 is 28.8. The fourth-order valence-electron chi connectivity index (χ4n) is 8.98. The molecule has 2 N–H and O–H groups in total. The lowest BCUT2D eigenvalue weighted by atomic mass is 10.0. The Hall–Kier alpha value is -4.39. The molecule has 0 saturated heterocycles. The van der Waals surface area contributed by atoms with Crippen molar-refractivity contribution in [1.82, 2.24) is 19.9 Å². The summed E-state index contributed by atoms with van der Waals surface area (Å²) in [6.07, 6.45) is 0. The third-order valence-corrected chi connectivity index (χ3v) is 24.1. The quantitative estimate of drug-likeness (QED) is 0.101. The maximum Gasteiger partial charge on any atom is 0.174 e. The van der Waals surface area contributed by atoms with E-state index in [1.807, 2.05) is 24.3 Å². The highest BCUT2D eigenvalue weighted by Gasteiger charge is 2.43. The van der Waals surface area contributed by atoms with Crippen molar-refractivity contribution in [2.24, 2.45) is 0 Å². The molecule has 3 heterocycles.